The second kappa shape index (κ2) is 8.81. The van der Waals surface area contributed by atoms with Crippen molar-refractivity contribution < 1.29 is 4.79 Å². The van der Waals surface area contributed by atoms with Crippen molar-refractivity contribution in [3.05, 3.63) is 46.6 Å². The maximum absolute atomic E-state index is 12.5. The Morgan fingerprint density at radius 1 is 0.857 bits per heavy atom. The first-order valence-electron chi connectivity index (χ1n) is 8.12. The molecule has 0 aromatic rings. The highest BCUT2D eigenvalue weighted by Gasteiger charge is 2.13. The minimum absolute atomic E-state index is 0.270. The van der Waals surface area contributed by atoms with Gasteiger partial charge in [0.05, 0.1) is 0 Å². The van der Waals surface area contributed by atoms with Crippen molar-refractivity contribution in [3.8, 4) is 0 Å². The minimum atomic E-state index is 0.270. The van der Waals surface area contributed by atoms with Gasteiger partial charge >= 0.3 is 0 Å². The summed E-state index contributed by atoms with van der Waals surface area (Å²) in [4.78, 5) is 12.5. The number of carbonyl (C=O) groups is 1. The Bertz CT molecular complexity index is 484. The van der Waals surface area contributed by atoms with Crippen LogP contribution in [-0.4, -0.2) is 5.78 Å². The van der Waals surface area contributed by atoms with Crippen LogP contribution in [0.3, 0.4) is 0 Å². The molecule has 0 aromatic heterocycles. The first-order valence-corrected chi connectivity index (χ1v) is 8.12. The van der Waals surface area contributed by atoms with E-state index in [1.54, 1.807) is 0 Å². The summed E-state index contributed by atoms with van der Waals surface area (Å²) >= 11 is 0. The van der Waals surface area contributed by atoms with E-state index < -0.39 is 0 Å². The van der Waals surface area contributed by atoms with Crippen LogP contribution in [0.2, 0.25) is 0 Å². The first-order chi connectivity index (χ1) is 9.90. The van der Waals surface area contributed by atoms with Gasteiger partial charge in [-0.2, -0.15) is 0 Å². The molecule has 1 heteroatoms. The van der Waals surface area contributed by atoms with E-state index in [1.807, 2.05) is 6.08 Å². The molecule has 0 heterocycles. The van der Waals surface area contributed by atoms with Crippen molar-refractivity contribution in [1.82, 2.24) is 0 Å². The number of ketones is 1. The largest absolute Gasteiger partial charge is 0.294 e. The molecule has 21 heavy (non-hydrogen) atoms. The molecule has 0 saturated carbocycles. The molecule has 0 spiro atoms. The maximum Gasteiger partial charge on any atom is 0.163 e. The van der Waals surface area contributed by atoms with Gasteiger partial charge in [0.1, 0.15) is 0 Å². The molecule has 0 unspecified atom stereocenters. The van der Waals surface area contributed by atoms with Crippen LogP contribution in [0.15, 0.2) is 46.6 Å². The minimum Gasteiger partial charge on any atom is -0.294 e. The number of carbonyl (C=O) groups excluding carboxylic acids is 1. The molecule has 1 nitrogen and oxygen atoms in total. The van der Waals surface area contributed by atoms with Gasteiger partial charge in [0.15, 0.2) is 5.78 Å². The van der Waals surface area contributed by atoms with E-state index in [1.165, 1.54) is 16.7 Å². The van der Waals surface area contributed by atoms with Gasteiger partial charge in [-0.25, -0.2) is 0 Å². The Kier molecular flexibility index (Phi) is 7.42. The van der Waals surface area contributed by atoms with Crippen LogP contribution in [-0.2, 0) is 4.79 Å². The van der Waals surface area contributed by atoms with Crippen LogP contribution in [0.5, 0.6) is 0 Å². The summed E-state index contributed by atoms with van der Waals surface area (Å²) < 4.78 is 0. The van der Waals surface area contributed by atoms with Crippen LogP contribution in [0.1, 0.15) is 66.7 Å². The fraction of sp³-hybridized carbons (Fsp3) is 0.550. The Labute approximate surface area is 130 Å². The lowest BCUT2D eigenvalue weighted by Crippen LogP contribution is -2.08. The second-order valence-corrected chi connectivity index (χ2v) is 6.57. The maximum atomic E-state index is 12.5. The lowest BCUT2D eigenvalue weighted by atomic mass is 9.93. The molecule has 116 valence electrons. The molecule has 0 fully saturated rings. The van der Waals surface area contributed by atoms with Crippen LogP contribution in [0, 0.1) is 5.92 Å². The molecule has 0 aromatic carbocycles. The third kappa shape index (κ3) is 6.75. The summed E-state index contributed by atoms with van der Waals surface area (Å²) in [6, 6.07) is 0. The molecule has 0 aliphatic heterocycles. The molecule has 1 rings (SSSR count). The van der Waals surface area contributed by atoms with Crippen molar-refractivity contribution in [1.29, 1.82) is 0 Å². The Morgan fingerprint density at radius 3 is 2.05 bits per heavy atom. The summed E-state index contributed by atoms with van der Waals surface area (Å²) in [5.74, 6) is 0.552. The Morgan fingerprint density at radius 2 is 1.43 bits per heavy atom. The summed E-state index contributed by atoms with van der Waals surface area (Å²) in [5.41, 5.74) is 4.94. The molecule has 0 amide bonds. The van der Waals surface area contributed by atoms with Crippen LogP contribution in [0.4, 0.5) is 0 Å². The predicted molar refractivity (Wildman–Crippen MR) is 92.3 cm³/mol. The van der Waals surface area contributed by atoms with E-state index in [0.717, 1.165) is 31.3 Å². The normalized spacial score (nSPS) is 29.3. The van der Waals surface area contributed by atoms with E-state index in [2.05, 4.69) is 52.8 Å². The molecule has 1 aliphatic carbocycles. The van der Waals surface area contributed by atoms with Crippen molar-refractivity contribution in [2.24, 2.45) is 5.92 Å². The third-order valence-electron chi connectivity index (χ3n) is 3.99. The van der Waals surface area contributed by atoms with Crippen LogP contribution < -0.4 is 0 Å². The van der Waals surface area contributed by atoms with Crippen molar-refractivity contribution in [2.45, 2.75) is 66.7 Å². The average Bonchev–Trinajstić information content (AvgIpc) is 2.37. The van der Waals surface area contributed by atoms with Gasteiger partial charge in [0.25, 0.3) is 0 Å². The van der Waals surface area contributed by atoms with Crippen molar-refractivity contribution in [2.75, 3.05) is 0 Å². The van der Waals surface area contributed by atoms with Gasteiger partial charge in [-0.15, -0.1) is 0 Å². The SMILES string of the molecule is C/C1=C/C=C(\C(C)C)C(=O)C/C(C)=C\CC/C(C)=C\CC1. The molecule has 0 N–H and O–H groups in total. The van der Waals surface area contributed by atoms with Gasteiger partial charge in [-0.05, 0) is 57.9 Å². The predicted octanol–water partition coefficient (Wildman–Crippen LogP) is 5.94. The monoisotopic (exact) mass is 286 g/mol. The van der Waals surface area contributed by atoms with E-state index in [4.69, 9.17) is 0 Å². The molecule has 0 radical (unpaired) electrons. The van der Waals surface area contributed by atoms with Crippen LogP contribution >= 0.6 is 0 Å². The zero-order valence-corrected chi connectivity index (χ0v) is 14.3. The molecular formula is C20H30O. The summed E-state index contributed by atoms with van der Waals surface area (Å²) in [7, 11) is 0. The average molecular weight is 286 g/mol. The summed E-state index contributed by atoms with van der Waals surface area (Å²) in [6.45, 7) is 10.6. The zero-order valence-electron chi connectivity index (χ0n) is 14.3. The van der Waals surface area contributed by atoms with Crippen molar-refractivity contribution >= 4 is 5.78 Å². The van der Waals surface area contributed by atoms with Crippen LogP contribution in [0.25, 0.3) is 0 Å². The van der Waals surface area contributed by atoms with E-state index in [9.17, 15) is 4.79 Å². The Balaban J connectivity index is 3.03. The third-order valence-corrected chi connectivity index (χ3v) is 3.99. The fourth-order valence-electron chi connectivity index (χ4n) is 2.54. The quantitative estimate of drug-likeness (QED) is 0.545. The molecule has 1 aliphatic rings. The van der Waals surface area contributed by atoms with E-state index in [0.29, 0.717) is 6.42 Å². The lowest BCUT2D eigenvalue weighted by Gasteiger charge is -2.11. The second-order valence-electron chi connectivity index (χ2n) is 6.57. The van der Waals surface area contributed by atoms with Gasteiger partial charge in [0.2, 0.25) is 0 Å². The molecular weight excluding hydrogens is 256 g/mol. The smallest absolute Gasteiger partial charge is 0.163 e. The Hall–Kier alpha value is -1.37. The standard InChI is InChI=1S/C20H30O/c1-15(2)19-13-12-17(4)10-6-8-16(3)9-7-11-18(5)14-20(19)21/h8,11-13,15H,6-7,9-10,14H2,1-5H3/b16-8-,17-12-,18-11-,19-13+. The van der Waals surface area contributed by atoms with Crippen molar-refractivity contribution in [3.63, 3.8) is 0 Å². The molecule has 0 atom stereocenters. The number of hydrogen-bond acceptors (Lipinski definition) is 1. The van der Waals surface area contributed by atoms with Gasteiger partial charge < -0.3 is 0 Å². The number of rotatable bonds is 1. The van der Waals surface area contributed by atoms with Gasteiger partial charge in [-0.3, -0.25) is 4.79 Å². The highest BCUT2D eigenvalue weighted by atomic mass is 16.1. The summed E-state index contributed by atoms with van der Waals surface area (Å²) in [5, 5.41) is 0. The van der Waals surface area contributed by atoms with E-state index in [-0.39, 0.29) is 11.7 Å². The highest BCUT2D eigenvalue weighted by Crippen LogP contribution is 2.19. The van der Waals surface area contributed by atoms with E-state index >= 15 is 0 Å². The topological polar surface area (TPSA) is 17.1 Å². The van der Waals surface area contributed by atoms with Gasteiger partial charge in [-0.1, -0.05) is 54.9 Å². The number of hydrogen-bond donors (Lipinski definition) is 0. The molecule has 0 bridgehead atoms. The number of Topliss-reactive ketones (excluding diaryl/α,β-unsaturated/α-hetero) is 1. The first kappa shape index (κ1) is 17.7. The highest BCUT2D eigenvalue weighted by molar-refractivity contribution is 5.97. The number of allylic oxidation sites excluding steroid dienone is 8. The fourth-order valence-corrected chi connectivity index (χ4v) is 2.54. The summed E-state index contributed by atoms with van der Waals surface area (Å²) in [6.07, 6.45) is 13.6. The zero-order chi connectivity index (χ0) is 15.8. The van der Waals surface area contributed by atoms with Gasteiger partial charge in [0, 0.05) is 6.42 Å². The lowest BCUT2D eigenvalue weighted by molar-refractivity contribution is -0.115. The molecule has 0 saturated heterocycles.